The second-order valence-corrected chi connectivity index (χ2v) is 16.6. The average Bonchev–Trinajstić information content (AvgIpc) is 3.83. The second kappa shape index (κ2) is 11.8. The number of nitrogens with one attached hydrogen (secondary N) is 1. The molecule has 8 aromatic rings. The Morgan fingerprint density at radius 3 is 2.04 bits per heavy atom. The molecule has 0 bridgehead atoms. The number of fused-ring (bicyclic) bond motifs is 9. The molecule has 1 nitrogen and oxygen atoms in total. The Labute approximate surface area is 321 Å². The number of hydrogen-bond donors (Lipinski definition) is 1. The maximum Gasteiger partial charge on any atom is 0.0714 e. The zero-order valence-electron chi connectivity index (χ0n) is 30.5. The molecule has 3 aliphatic rings. The van der Waals surface area contributed by atoms with Crippen LogP contribution in [-0.2, 0) is 10.8 Å². The van der Waals surface area contributed by atoms with Crippen molar-refractivity contribution in [2.45, 2.75) is 37.5 Å². The van der Waals surface area contributed by atoms with Crippen LogP contribution in [0.1, 0.15) is 60.1 Å². The molecule has 1 heterocycles. The maximum absolute atomic E-state index is 3.83. The molecule has 0 spiro atoms. The predicted molar refractivity (Wildman–Crippen MR) is 230 cm³/mol. The third-order valence-electron chi connectivity index (χ3n) is 12.4. The number of allylic oxidation sites excluding steroid dienone is 4. The summed E-state index contributed by atoms with van der Waals surface area (Å²) in [5, 5.41) is 6.43. The third-order valence-corrected chi connectivity index (χ3v) is 13.7. The molecule has 1 N–H and O–H groups in total. The second-order valence-electron chi connectivity index (χ2n) is 15.6. The Kier molecular flexibility index (Phi) is 6.88. The average molecular weight is 710 g/mol. The lowest BCUT2D eigenvalue weighted by molar-refractivity contribution is 0.651. The maximum atomic E-state index is 3.83. The minimum absolute atomic E-state index is 0.0365. The highest BCUT2D eigenvalue weighted by atomic mass is 32.1. The molecular formula is C52H39NS. The van der Waals surface area contributed by atoms with Crippen molar-refractivity contribution < 1.29 is 0 Å². The smallest absolute Gasteiger partial charge is 0.0714 e. The van der Waals surface area contributed by atoms with E-state index in [4.69, 9.17) is 0 Å². The minimum atomic E-state index is -0.400. The zero-order chi connectivity index (χ0) is 36.0. The Balaban J connectivity index is 0.998. The molecule has 0 saturated heterocycles. The van der Waals surface area contributed by atoms with Crippen LogP contribution in [0.3, 0.4) is 0 Å². The van der Waals surface area contributed by atoms with Crippen molar-refractivity contribution >= 4 is 48.5 Å². The Morgan fingerprint density at radius 2 is 1.26 bits per heavy atom. The summed E-state index contributed by atoms with van der Waals surface area (Å²) in [6, 6.07) is 58.8. The quantitative estimate of drug-likeness (QED) is 0.188. The molecular weight excluding hydrogens is 671 g/mol. The van der Waals surface area contributed by atoms with Gasteiger partial charge in [-0.15, -0.1) is 11.3 Å². The summed E-state index contributed by atoms with van der Waals surface area (Å²) in [7, 11) is 0. The fraction of sp³-hybridized carbons (Fsp3) is 0.115. The summed E-state index contributed by atoms with van der Waals surface area (Å²) >= 11 is 1.92. The molecule has 54 heavy (non-hydrogen) atoms. The van der Waals surface area contributed by atoms with E-state index in [1.165, 1.54) is 81.4 Å². The Hall–Kier alpha value is -5.96. The normalized spacial score (nSPS) is 16.0. The topological polar surface area (TPSA) is 12.0 Å². The molecule has 11 rings (SSSR count). The third kappa shape index (κ3) is 4.38. The van der Waals surface area contributed by atoms with Crippen molar-refractivity contribution in [3.63, 3.8) is 0 Å². The number of anilines is 2. The number of hydrogen-bond acceptors (Lipinski definition) is 2. The van der Waals surface area contributed by atoms with Crippen LogP contribution in [0, 0.1) is 0 Å². The molecule has 0 atom stereocenters. The van der Waals surface area contributed by atoms with Gasteiger partial charge in [-0.2, -0.15) is 0 Å². The van der Waals surface area contributed by atoms with Crippen LogP contribution in [-0.4, -0.2) is 0 Å². The number of rotatable bonds is 5. The molecule has 0 fully saturated rings. The first-order chi connectivity index (χ1) is 26.5. The van der Waals surface area contributed by atoms with Gasteiger partial charge in [-0.3, -0.25) is 0 Å². The van der Waals surface area contributed by atoms with Crippen molar-refractivity contribution in [2.24, 2.45) is 0 Å². The molecule has 258 valence electrons. The van der Waals surface area contributed by atoms with E-state index in [1.54, 1.807) is 5.57 Å². The lowest BCUT2D eigenvalue weighted by atomic mass is 9.68. The van der Waals surface area contributed by atoms with E-state index in [0.717, 1.165) is 24.2 Å². The number of thiophene rings is 1. The summed E-state index contributed by atoms with van der Waals surface area (Å²) in [6.07, 6.45) is 6.99. The fourth-order valence-electron chi connectivity index (χ4n) is 9.96. The van der Waals surface area contributed by atoms with Gasteiger partial charge in [0.25, 0.3) is 0 Å². The van der Waals surface area contributed by atoms with Crippen molar-refractivity contribution in [2.75, 3.05) is 5.32 Å². The van der Waals surface area contributed by atoms with E-state index in [0.29, 0.717) is 0 Å². The monoisotopic (exact) mass is 709 g/mol. The molecule has 0 radical (unpaired) electrons. The Morgan fingerprint density at radius 1 is 0.556 bits per heavy atom. The predicted octanol–water partition coefficient (Wildman–Crippen LogP) is 14.2. The largest absolute Gasteiger partial charge is 0.354 e. The molecule has 1 aromatic heterocycles. The van der Waals surface area contributed by atoms with Crippen molar-refractivity contribution in [1.29, 1.82) is 0 Å². The van der Waals surface area contributed by atoms with E-state index in [1.807, 2.05) is 11.3 Å². The van der Waals surface area contributed by atoms with Crippen LogP contribution in [0.4, 0.5) is 11.4 Å². The molecule has 0 aliphatic heterocycles. The molecule has 0 saturated carbocycles. The van der Waals surface area contributed by atoms with Crippen molar-refractivity contribution in [1.82, 2.24) is 0 Å². The first kappa shape index (κ1) is 31.6. The first-order valence-corrected chi connectivity index (χ1v) is 20.0. The molecule has 2 heteroatoms. The van der Waals surface area contributed by atoms with E-state index in [2.05, 4.69) is 189 Å². The van der Waals surface area contributed by atoms with Gasteiger partial charge in [0, 0.05) is 32.1 Å². The highest BCUT2D eigenvalue weighted by Crippen LogP contribution is 2.59. The van der Waals surface area contributed by atoms with Gasteiger partial charge >= 0.3 is 0 Å². The van der Waals surface area contributed by atoms with Crippen LogP contribution in [0.25, 0.3) is 48.0 Å². The lowest BCUT2D eigenvalue weighted by Crippen LogP contribution is -2.28. The SMILES string of the molecule is CC1(C)C2=C(CCC=C2)c2ccc(-c3ccc(Nc4cccc5c4sc4c6c(ccc45)C(c4ccccc4)(c4ccccc4)c4ccccc4-6)cc3)cc21. The zero-order valence-corrected chi connectivity index (χ0v) is 31.3. The summed E-state index contributed by atoms with van der Waals surface area (Å²) in [5.41, 5.74) is 18.3. The molecule has 3 aliphatic carbocycles. The van der Waals surface area contributed by atoms with Gasteiger partial charge < -0.3 is 5.32 Å². The van der Waals surface area contributed by atoms with Crippen molar-refractivity contribution in [3.8, 4) is 22.3 Å². The van der Waals surface area contributed by atoms with Crippen molar-refractivity contribution in [3.05, 3.63) is 209 Å². The standard InChI is InChI=1S/C52H39NS/c1-51(2)43-21-11-9-18-38(43)39-29-26-34(32-46(39)51)33-24-27-37(28-25-33)53-47-23-13-20-40-41-30-31-45-48(50(41)54-49(40)47)42-19-10-12-22-44(42)52(45,35-14-5-3-6-15-35)36-16-7-4-8-17-36/h3-8,10-17,19-32,53H,9,18H2,1-2H3. The highest BCUT2D eigenvalue weighted by molar-refractivity contribution is 7.27. The van der Waals surface area contributed by atoms with E-state index in [9.17, 15) is 0 Å². The molecule has 0 unspecified atom stereocenters. The van der Waals surface area contributed by atoms with E-state index < -0.39 is 5.41 Å². The van der Waals surface area contributed by atoms with Gasteiger partial charge in [-0.25, -0.2) is 0 Å². The summed E-state index contributed by atoms with van der Waals surface area (Å²) < 4.78 is 2.63. The fourth-order valence-corrected chi connectivity index (χ4v) is 11.3. The summed E-state index contributed by atoms with van der Waals surface area (Å²) in [5.74, 6) is 0. The number of benzene rings is 7. The van der Waals surface area contributed by atoms with E-state index >= 15 is 0 Å². The first-order valence-electron chi connectivity index (χ1n) is 19.2. The van der Waals surface area contributed by atoms with E-state index in [-0.39, 0.29) is 5.41 Å². The van der Waals surface area contributed by atoms with Gasteiger partial charge in [-0.05, 0) is 98.3 Å². The molecule has 7 aromatic carbocycles. The summed E-state index contributed by atoms with van der Waals surface area (Å²) in [6.45, 7) is 4.76. The van der Waals surface area contributed by atoms with Crippen LogP contribution in [0.2, 0.25) is 0 Å². The van der Waals surface area contributed by atoms with Gasteiger partial charge in [0.2, 0.25) is 0 Å². The van der Waals surface area contributed by atoms with Crippen LogP contribution in [0.15, 0.2) is 175 Å². The Bertz CT molecular complexity index is 2810. The van der Waals surface area contributed by atoms with Gasteiger partial charge in [0.05, 0.1) is 15.8 Å². The van der Waals surface area contributed by atoms with Gasteiger partial charge in [0.1, 0.15) is 0 Å². The van der Waals surface area contributed by atoms with Crippen LogP contribution < -0.4 is 5.32 Å². The van der Waals surface area contributed by atoms with Gasteiger partial charge in [-0.1, -0.05) is 159 Å². The lowest BCUT2D eigenvalue weighted by Gasteiger charge is -2.33. The molecule has 0 amide bonds. The summed E-state index contributed by atoms with van der Waals surface area (Å²) in [4.78, 5) is 0. The van der Waals surface area contributed by atoms with Crippen LogP contribution in [0.5, 0.6) is 0 Å². The highest BCUT2D eigenvalue weighted by Gasteiger charge is 2.47. The van der Waals surface area contributed by atoms with Crippen LogP contribution >= 0.6 is 11.3 Å². The van der Waals surface area contributed by atoms with Gasteiger partial charge in [0.15, 0.2) is 0 Å². The minimum Gasteiger partial charge on any atom is -0.354 e.